The predicted molar refractivity (Wildman–Crippen MR) is 63.0 cm³/mol. The molecule has 1 N–H and O–H groups in total. The van der Waals surface area contributed by atoms with Crippen molar-refractivity contribution in [1.82, 2.24) is 5.06 Å². The molecule has 0 aliphatic heterocycles. The van der Waals surface area contributed by atoms with Gasteiger partial charge in [-0.25, -0.2) is 0 Å². The van der Waals surface area contributed by atoms with Gasteiger partial charge in [0.25, 0.3) is 0 Å². The van der Waals surface area contributed by atoms with Crippen LogP contribution in [0, 0.1) is 5.92 Å². The third-order valence-corrected chi connectivity index (χ3v) is 2.54. The first-order valence-corrected chi connectivity index (χ1v) is 5.72. The van der Waals surface area contributed by atoms with E-state index in [2.05, 4.69) is 13.8 Å². The van der Waals surface area contributed by atoms with Gasteiger partial charge in [-0.05, 0) is 17.9 Å². The van der Waals surface area contributed by atoms with E-state index in [9.17, 15) is 10.3 Å². The van der Waals surface area contributed by atoms with E-state index in [1.807, 2.05) is 30.3 Å². The summed E-state index contributed by atoms with van der Waals surface area (Å²) in [7, 11) is 0. The van der Waals surface area contributed by atoms with Crippen molar-refractivity contribution in [1.29, 1.82) is 0 Å². The highest BCUT2D eigenvalue weighted by Crippen LogP contribution is 2.13. The molecule has 1 aromatic carbocycles. The van der Waals surface area contributed by atoms with Crippen molar-refractivity contribution in [3.05, 3.63) is 35.9 Å². The maximum atomic E-state index is 11.8. The minimum absolute atomic E-state index is 0.0749. The molecular formula is C13H20NO2. The Kier molecular flexibility index (Phi) is 5.46. The first-order chi connectivity index (χ1) is 7.63. The van der Waals surface area contributed by atoms with E-state index < -0.39 is 0 Å². The first kappa shape index (κ1) is 13.2. The van der Waals surface area contributed by atoms with Gasteiger partial charge in [-0.3, -0.25) is 0 Å². The van der Waals surface area contributed by atoms with E-state index in [-0.39, 0.29) is 12.6 Å². The fraction of sp³-hybridized carbons (Fsp3) is 0.538. The summed E-state index contributed by atoms with van der Waals surface area (Å²) in [5.74, 6) is 0.421. The Labute approximate surface area is 97.3 Å². The van der Waals surface area contributed by atoms with Crippen molar-refractivity contribution in [2.75, 3.05) is 6.61 Å². The van der Waals surface area contributed by atoms with Gasteiger partial charge in [0, 0.05) is 0 Å². The minimum Gasteiger partial charge on any atom is -0.395 e. The predicted octanol–water partition coefficient (Wildman–Crippen LogP) is 2.24. The molecule has 1 rings (SSSR count). The molecule has 0 aliphatic carbocycles. The van der Waals surface area contributed by atoms with Crippen LogP contribution in [0.15, 0.2) is 30.3 Å². The molecule has 3 nitrogen and oxygen atoms in total. The Morgan fingerprint density at radius 1 is 1.25 bits per heavy atom. The smallest absolute Gasteiger partial charge is 0.0620 e. The van der Waals surface area contributed by atoms with E-state index in [0.29, 0.717) is 12.5 Å². The van der Waals surface area contributed by atoms with Crippen LogP contribution >= 0.6 is 0 Å². The number of rotatable bonds is 6. The summed E-state index contributed by atoms with van der Waals surface area (Å²) in [4.78, 5) is 0. The number of hydrogen-bond acceptors (Lipinski definition) is 2. The molecule has 0 aromatic heterocycles. The lowest BCUT2D eigenvalue weighted by Gasteiger charge is -2.23. The number of aliphatic hydroxyl groups is 1. The van der Waals surface area contributed by atoms with Gasteiger partial charge < -0.3 is 5.11 Å². The van der Waals surface area contributed by atoms with Crippen LogP contribution in [0.2, 0.25) is 0 Å². The van der Waals surface area contributed by atoms with Crippen LogP contribution in [0.1, 0.15) is 25.8 Å². The molecule has 0 saturated heterocycles. The number of aliphatic hydroxyl groups excluding tert-OH is 1. The fourth-order valence-electron chi connectivity index (χ4n) is 1.72. The second-order valence-electron chi connectivity index (χ2n) is 4.53. The molecule has 0 fully saturated rings. The van der Waals surface area contributed by atoms with E-state index in [1.165, 1.54) is 0 Å². The standard InChI is InChI=1S/C13H20NO2/c1-11(2)8-13(10-15)14(16)9-12-6-4-3-5-7-12/h3-7,11,13,15H,8-10H2,1-2H3/t13-/m1/s1. The molecule has 0 amide bonds. The summed E-state index contributed by atoms with van der Waals surface area (Å²) in [6, 6.07) is 9.32. The number of benzene rings is 1. The fourth-order valence-corrected chi connectivity index (χ4v) is 1.72. The Balaban J connectivity index is 2.52. The van der Waals surface area contributed by atoms with Crippen molar-refractivity contribution in [2.24, 2.45) is 5.92 Å². The van der Waals surface area contributed by atoms with E-state index in [4.69, 9.17) is 0 Å². The third kappa shape index (κ3) is 4.31. The average Bonchev–Trinajstić information content (AvgIpc) is 2.26. The lowest BCUT2D eigenvalue weighted by Crippen LogP contribution is -2.34. The Hall–Kier alpha value is -0.900. The lowest BCUT2D eigenvalue weighted by molar-refractivity contribution is -0.205. The molecule has 0 bridgehead atoms. The molecule has 89 valence electrons. The summed E-state index contributed by atoms with van der Waals surface area (Å²) in [5.41, 5.74) is 0.986. The van der Waals surface area contributed by atoms with Gasteiger partial charge >= 0.3 is 0 Å². The second kappa shape index (κ2) is 6.63. The molecule has 0 heterocycles. The number of hydrogen-bond donors (Lipinski definition) is 1. The minimum atomic E-state index is -0.291. The SMILES string of the molecule is CC(C)C[C@H](CO)N([O])Cc1ccccc1. The van der Waals surface area contributed by atoms with Crippen LogP contribution < -0.4 is 0 Å². The molecule has 1 aromatic rings. The van der Waals surface area contributed by atoms with E-state index in [1.54, 1.807) is 0 Å². The van der Waals surface area contributed by atoms with Gasteiger partial charge in [0.15, 0.2) is 0 Å². The lowest BCUT2D eigenvalue weighted by atomic mass is 10.0. The van der Waals surface area contributed by atoms with Crippen LogP contribution in [0.5, 0.6) is 0 Å². The summed E-state index contributed by atoms with van der Waals surface area (Å²) in [5, 5.41) is 22.0. The zero-order chi connectivity index (χ0) is 12.0. The summed E-state index contributed by atoms with van der Waals surface area (Å²) < 4.78 is 0. The summed E-state index contributed by atoms with van der Waals surface area (Å²) >= 11 is 0. The van der Waals surface area contributed by atoms with Crippen LogP contribution in [0.3, 0.4) is 0 Å². The summed E-state index contributed by atoms with van der Waals surface area (Å²) in [6.07, 6.45) is 0.729. The number of nitrogens with zero attached hydrogens (tertiary/aromatic N) is 1. The third-order valence-electron chi connectivity index (χ3n) is 2.54. The number of hydroxylamine groups is 2. The zero-order valence-electron chi connectivity index (χ0n) is 9.97. The highest BCUT2D eigenvalue weighted by molar-refractivity contribution is 5.14. The maximum Gasteiger partial charge on any atom is 0.0620 e. The Morgan fingerprint density at radius 3 is 2.38 bits per heavy atom. The maximum absolute atomic E-state index is 11.8. The molecule has 0 aliphatic rings. The van der Waals surface area contributed by atoms with Crippen LogP contribution in [-0.4, -0.2) is 22.8 Å². The highest BCUT2D eigenvalue weighted by Gasteiger charge is 2.18. The molecule has 1 radical (unpaired) electrons. The van der Waals surface area contributed by atoms with E-state index in [0.717, 1.165) is 17.0 Å². The van der Waals surface area contributed by atoms with Gasteiger partial charge in [0.05, 0.1) is 19.2 Å². The van der Waals surface area contributed by atoms with Crippen molar-refractivity contribution in [3.8, 4) is 0 Å². The molecule has 16 heavy (non-hydrogen) atoms. The first-order valence-electron chi connectivity index (χ1n) is 5.72. The Bertz CT molecular complexity index is 287. The van der Waals surface area contributed by atoms with Gasteiger partial charge in [-0.15, -0.1) is 10.3 Å². The van der Waals surface area contributed by atoms with Gasteiger partial charge in [0.1, 0.15) is 0 Å². The monoisotopic (exact) mass is 222 g/mol. The van der Waals surface area contributed by atoms with Gasteiger partial charge in [-0.1, -0.05) is 44.2 Å². The second-order valence-corrected chi connectivity index (χ2v) is 4.53. The average molecular weight is 222 g/mol. The van der Waals surface area contributed by atoms with Crippen LogP contribution in [-0.2, 0) is 11.8 Å². The Morgan fingerprint density at radius 2 is 1.88 bits per heavy atom. The molecule has 0 spiro atoms. The topological polar surface area (TPSA) is 43.4 Å². The molecular weight excluding hydrogens is 202 g/mol. The summed E-state index contributed by atoms with van der Waals surface area (Å²) in [6.45, 7) is 4.38. The zero-order valence-corrected chi connectivity index (χ0v) is 9.97. The van der Waals surface area contributed by atoms with Crippen LogP contribution in [0.4, 0.5) is 0 Å². The van der Waals surface area contributed by atoms with Gasteiger partial charge in [-0.2, -0.15) is 0 Å². The quantitative estimate of drug-likeness (QED) is 0.750. The molecule has 0 unspecified atom stereocenters. The molecule has 1 atom stereocenters. The largest absolute Gasteiger partial charge is 0.395 e. The van der Waals surface area contributed by atoms with Crippen molar-refractivity contribution >= 4 is 0 Å². The van der Waals surface area contributed by atoms with E-state index >= 15 is 0 Å². The normalized spacial score (nSPS) is 13.4. The molecule has 0 saturated carbocycles. The van der Waals surface area contributed by atoms with Crippen molar-refractivity contribution in [2.45, 2.75) is 32.9 Å². The highest BCUT2D eigenvalue weighted by atomic mass is 16.5. The van der Waals surface area contributed by atoms with Crippen molar-refractivity contribution in [3.63, 3.8) is 0 Å². The van der Waals surface area contributed by atoms with Crippen molar-refractivity contribution < 1.29 is 10.3 Å². The van der Waals surface area contributed by atoms with Gasteiger partial charge in [0.2, 0.25) is 0 Å². The molecule has 3 heteroatoms. The van der Waals surface area contributed by atoms with Crippen LogP contribution in [0.25, 0.3) is 0 Å².